The third-order valence-electron chi connectivity index (χ3n) is 6.00. The van der Waals surface area contributed by atoms with Gasteiger partial charge in [0.25, 0.3) is 0 Å². The SMILES string of the molecule is CC(C)(C)OC(=O)N1CC[C@@H](N2CC/C(=C\C3=C(C(=O)O)N4C(=O)[C@@H](N)C4SC3)C2=O)C1. The molecule has 0 radical (unpaired) electrons. The van der Waals surface area contributed by atoms with E-state index in [0.29, 0.717) is 49.4 Å². The summed E-state index contributed by atoms with van der Waals surface area (Å²) in [4.78, 5) is 54.0. The van der Waals surface area contributed by atoms with Gasteiger partial charge in [0.05, 0.1) is 6.04 Å². The van der Waals surface area contributed by atoms with Gasteiger partial charge in [-0.15, -0.1) is 11.8 Å². The highest BCUT2D eigenvalue weighted by Gasteiger charge is 2.51. The molecule has 0 aliphatic carbocycles. The quantitative estimate of drug-likeness (QED) is 0.461. The molecule has 32 heavy (non-hydrogen) atoms. The van der Waals surface area contributed by atoms with E-state index in [1.165, 1.54) is 16.7 Å². The molecular formula is C21H28N4O6S. The first-order valence-electron chi connectivity index (χ1n) is 10.6. The van der Waals surface area contributed by atoms with Gasteiger partial charge in [-0.05, 0) is 45.3 Å². The number of hydrogen-bond donors (Lipinski definition) is 2. The minimum Gasteiger partial charge on any atom is -0.477 e. The average Bonchev–Trinajstić information content (AvgIpc) is 3.33. The van der Waals surface area contributed by atoms with E-state index in [0.717, 1.165) is 0 Å². The molecule has 3 N–H and O–H groups in total. The average molecular weight is 465 g/mol. The fraction of sp³-hybridized carbons (Fsp3) is 0.619. The van der Waals surface area contributed by atoms with E-state index in [2.05, 4.69) is 0 Å². The standard InChI is InChI=1S/C21H28N4O6S/c1-21(2,3)31-20(30)23-6-5-13(9-23)24-7-4-11(16(24)26)8-12-10-32-18-14(22)17(27)25(18)15(12)19(28)29/h8,13-14,18H,4-7,9-10,22H2,1-3H3,(H,28,29)/b11-8+/t13-,14-,18?/m1/s1. The van der Waals surface area contributed by atoms with Gasteiger partial charge in [0, 0.05) is 31.0 Å². The predicted molar refractivity (Wildman–Crippen MR) is 116 cm³/mol. The zero-order chi connectivity index (χ0) is 23.4. The first-order valence-corrected chi connectivity index (χ1v) is 11.7. The molecule has 4 heterocycles. The lowest BCUT2D eigenvalue weighted by molar-refractivity contribution is -0.147. The number of nitrogens with zero attached hydrogens (tertiary/aromatic N) is 3. The lowest BCUT2D eigenvalue weighted by Crippen LogP contribution is -2.68. The van der Waals surface area contributed by atoms with Crippen LogP contribution in [0, 0.1) is 0 Å². The number of aliphatic carboxylic acids is 1. The van der Waals surface area contributed by atoms with Gasteiger partial charge in [0.1, 0.15) is 22.7 Å². The van der Waals surface area contributed by atoms with Crippen molar-refractivity contribution in [2.24, 2.45) is 5.73 Å². The molecule has 0 saturated carbocycles. The Morgan fingerprint density at radius 1 is 1.25 bits per heavy atom. The highest BCUT2D eigenvalue weighted by atomic mass is 32.2. The number of carbonyl (C=O) groups excluding carboxylic acids is 3. The summed E-state index contributed by atoms with van der Waals surface area (Å²) in [6.07, 6.45) is 2.38. The molecular weight excluding hydrogens is 436 g/mol. The number of rotatable bonds is 3. The highest BCUT2D eigenvalue weighted by Crippen LogP contribution is 2.40. The maximum Gasteiger partial charge on any atom is 0.410 e. The Balaban J connectivity index is 1.47. The number of ether oxygens (including phenoxy) is 1. The van der Waals surface area contributed by atoms with Gasteiger partial charge in [-0.3, -0.25) is 14.5 Å². The van der Waals surface area contributed by atoms with E-state index in [1.807, 2.05) is 20.8 Å². The fourth-order valence-electron chi connectivity index (χ4n) is 4.47. The molecule has 3 atom stereocenters. The summed E-state index contributed by atoms with van der Waals surface area (Å²) in [5.41, 5.74) is 6.09. The number of allylic oxidation sites excluding steroid dienone is 1. The van der Waals surface area contributed by atoms with Crippen molar-refractivity contribution in [2.75, 3.05) is 25.4 Å². The summed E-state index contributed by atoms with van der Waals surface area (Å²) >= 11 is 1.40. The summed E-state index contributed by atoms with van der Waals surface area (Å²) in [5.74, 6) is -1.40. The number of amides is 3. The third-order valence-corrected chi connectivity index (χ3v) is 7.33. The number of carboxylic acid groups (broad SMARTS) is 1. The molecule has 3 fully saturated rings. The lowest BCUT2D eigenvalue weighted by atomic mass is 10.0. The summed E-state index contributed by atoms with van der Waals surface area (Å²) < 4.78 is 5.42. The molecule has 3 saturated heterocycles. The van der Waals surface area contributed by atoms with E-state index < -0.39 is 23.5 Å². The molecule has 174 valence electrons. The number of thioether (sulfide) groups is 1. The van der Waals surface area contributed by atoms with Crippen molar-refractivity contribution < 1.29 is 29.0 Å². The topological polar surface area (TPSA) is 133 Å². The second-order valence-corrected chi connectivity index (χ2v) is 10.5. The molecule has 0 aromatic heterocycles. The van der Waals surface area contributed by atoms with Crippen LogP contribution in [0.5, 0.6) is 0 Å². The zero-order valence-corrected chi connectivity index (χ0v) is 19.2. The normalized spacial score (nSPS) is 29.6. The van der Waals surface area contributed by atoms with Crippen molar-refractivity contribution in [3.8, 4) is 0 Å². The molecule has 11 heteroatoms. The van der Waals surface area contributed by atoms with Gasteiger partial charge < -0.3 is 25.4 Å². The summed E-state index contributed by atoms with van der Waals surface area (Å²) in [6, 6.07) is -0.795. The van der Waals surface area contributed by atoms with Crippen LogP contribution in [0.25, 0.3) is 0 Å². The molecule has 4 aliphatic heterocycles. The molecule has 4 rings (SSSR count). The van der Waals surface area contributed by atoms with Crippen molar-refractivity contribution in [3.63, 3.8) is 0 Å². The van der Waals surface area contributed by atoms with Gasteiger partial charge >= 0.3 is 12.1 Å². The van der Waals surface area contributed by atoms with Gasteiger partial charge in [0.15, 0.2) is 0 Å². The first-order chi connectivity index (χ1) is 15.0. The molecule has 10 nitrogen and oxygen atoms in total. The zero-order valence-electron chi connectivity index (χ0n) is 18.4. The summed E-state index contributed by atoms with van der Waals surface area (Å²) in [6.45, 7) is 6.88. The number of carboxylic acids is 1. The van der Waals surface area contributed by atoms with E-state index in [1.54, 1.807) is 15.9 Å². The van der Waals surface area contributed by atoms with Crippen LogP contribution in [0.1, 0.15) is 33.6 Å². The maximum atomic E-state index is 13.1. The highest BCUT2D eigenvalue weighted by molar-refractivity contribution is 8.00. The Morgan fingerprint density at radius 3 is 2.62 bits per heavy atom. The number of carbonyl (C=O) groups is 4. The van der Waals surface area contributed by atoms with Gasteiger partial charge in [-0.1, -0.05) is 0 Å². The van der Waals surface area contributed by atoms with Crippen molar-refractivity contribution in [3.05, 3.63) is 22.9 Å². The molecule has 1 unspecified atom stereocenters. The molecule has 3 amide bonds. The van der Waals surface area contributed by atoms with Crippen LogP contribution in [0.4, 0.5) is 4.79 Å². The van der Waals surface area contributed by atoms with Crippen LogP contribution in [-0.2, 0) is 19.1 Å². The smallest absolute Gasteiger partial charge is 0.410 e. The predicted octanol–water partition coefficient (Wildman–Crippen LogP) is 0.736. The lowest BCUT2D eigenvalue weighted by Gasteiger charge is -2.47. The maximum absolute atomic E-state index is 13.1. The van der Waals surface area contributed by atoms with Crippen molar-refractivity contribution in [1.82, 2.24) is 14.7 Å². The Bertz CT molecular complexity index is 939. The van der Waals surface area contributed by atoms with Crippen molar-refractivity contribution in [1.29, 1.82) is 0 Å². The van der Waals surface area contributed by atoms with E-state index in [-0.39, 0.29) is 29.1 Å². The minimum atomic E-state index is -1.20. The van der Waals surface area contributed by atoms with Crippen LogP contribution < -0.4 is 5.73 Å². The van der Waals surface area contributed by atoms with Crippen molar-refractivity contribution in [2.45, 2.75) is 56.7 Å². The monoisotopic (exact) mass is 464 g/mol. The Hall–Kier alpha value is -2.53. The Labute approximate surface area is 190 Å². The van der Waals surface area contributed by atoms with Gasteiger partial charge in [-0.25, -0.2) is 9.59 Å². The van der Waals surface area contributed by atoms with Gasteiger partial charge in [-0.2, -0.15) is 0 Å². The van der Waals surface area contributed by atoms with Crippen LogP contribution in [-0.4, -0.2) is 92.1 Å². The molecule has 4 aliphatic rings. The number of β-lactam (4-membered cyclic amide) rings is 1. The van der Waals surface area contributed by atoms with Crippen LogP contribution >= 0.6 is 11.8 Å². The van der Waals surface area contributed by atoms with Crippen LogP contribution in [0.2, 0.25) is 0 Å². The number of hydrogen-bond acceptors (Lipinski definition) is 7. The molecule has 0 bridgehead atoms. The summed E-state index contributed by atoms with van der Waals surface area (Å²) in [7, 11) is 0. The van der Waals surface area contributed by atoms with E-state index in [4.69, 9.17) is 10.5 Å². The second kappa shape index (κ2) is 8.11. The molecule has 0 aromatic rings. The fourth-order valence-corrected chi connectivity index (χ4v) is 5.72. The molecule has 0 spiro atoms. The minimum absolute atomic E-state index is 0.0869. The van der Waals surface area contributed by atoms with Crippen LogP contribution in [0.3, 0.4) is 0 Å². The Kier molecular flexibility index (Phi) is 5.74. The first kappa shape index (κ1) is 22.7. The van der Waals surface area contributed by atoms with Gasteiger partial charge in [0.2, 0.25) is 11.8 Å². The van der Waals surface area contributed by atoms with Crippen LogP contribution in [0.15, 0.2) is 22.9 Å². The number of likely N-dealkylation sites (tertiary alicyclic amines) is 2. The van der Waals surface area contributed by atoms with Crippen molar-refractivity contribution >= 4 is 35.6 Å². The van der Waals surface area contributed by atoms with E-state index >= 15 is 0 Å². The number of nitrogens with two attached hydrogens (primary N) is 1. The third kappa shape index (κ3) is 3.99. The second-order valence-electron chi connectivity index (χ2n) is 9.40. The van der Waals surface area contributed by atoms with E-state index in [9.17, 15) is 24.3 Å². The number of fused-ring (bicyclic) bond motifs is 1. The Morgan fingerprint density at radius 2 is 1.97 bits per heavy atom. The largest absolute Gasteiger partial charge is 0.477 e. The summed E-state index contributed by atoms with van der Waals surface area (Å²) in [5, 5.41) is 9.31. The molecule has 0 aromatic carbocycles.